The van der Waals surface area contributed by atoms with E-state index in [4.69, 9.17) is 14.6 Å². The fraction of sp³-hybridized carbons (Fsp3) is 0.526. The van der Waals surface area contributed by atoms with Crippen molar-refractivity contribution in [1.29, 1.82) is 0 Å². The number of carboxylic acid groups (broad SMARTS) is 1. The minimum Gasteiger partial charge on any atom is -0.480 e. The molecule has 0 saturated carbocycles. The third-order valence-electron chi connectivity index (χ3n) is 2.81. The summed E-state index contributed by atoms with van der Waals surface area (Å²) < 4.78 is 10.6. The first-order valence-corrected chi connectivity index (χ1v) is 9.42. The molecule has 0 aliphatic rings. The number of hydrogen-bond donors (Lipinski definition) is 1. The summed E-state index contributed by atoms with van der Waals surface area (Å²) in [5.74, 6) is -1.41. The number of carboxylic acids is 1. The van der Waals surface area contributed by atoms with E-state index in [9.17, 15) is 14.4 Å². The maximum Gasteiger partial charge on any atom is 0.415 e. The lowest BCUT2D eigenvalue weighted by atomic mass is 10.2. The van der Waals surface area contributed by atoms with E-state index in [0.29, 0.717) is 10.6 Å². The Bertz CT molecular complexity index is 690. The number of nitrogens with zero attached hydrogens (tertiary/aromatic N) is 1. The highest BCUT2D eigenvalue weighted by Gasteiger charge is 2.25. The number of benzene rings is 1. The fourth-order valence-corrected chi connectivity index (χ4v) is 2.69. The van der Waals surface area contributed by atoms with Gasteiger partial charge in [-0.05, 0) is 59.7 Å². The second-order valence-corrected chi connectivity index (χ2v) is 8.88. The van der Waals surface area contributed by atoms with Gasteiger partial charge in [0.25, 0.3) is 0 Å². The Morgan fingerprint density at radius 1 is 1.04 bits per heavy atom. The van der Waals surface area contributed by atoms with Crippen LogP contribution in [-0.2, 0) is 19.1 Å². The maximum atomic E-state index is 12.4. The summed E-state index contributed by atoms with van der Waals surface area (Å²) in [4.78, 5) is 37.2. The van der Waals surface area contributed by atoms with E-state index in [1.165, 1.54) is 11.8 Å². The Hall–Kier alpha value is -2.22. The lowest BCUT2D eigenvalue weighted by molar-refractivity contribution is -0.151. The Kier molecular flexibility index (Phi) is 7.71. The first kappa shape index (κ1) is 22.8. The summed E-state index contributed by atoms with van der Waals surface area (Å²) in [6.07, 6.45) is -0.751. The standard InChI is InChI=1S/C19H27NO6S/c1-18(2,3)25-16(23)12-27-14-9-7-8-13(10-14)20(11-15(21)22)17(24)26-19(4,5)6/h7-10H,11-12H2,1-6H3,(H,21,22). The van der Waals surface area contributed by atoms with Crippen molar-refractivity contribution >= 4 is 35.5 Å². The lowest BCUT2D eigenvalue weighted by Gasteiger charge is -2.26. The van der Waals surface area contributed by atoms with Crippen LogP contribution in [0.1, 0.15) is 41.5 Å². The molecule has 150 valence electrons. The van der Waals surface area contributed by atoms with Gasteiger partial charge in [-0.25, -0.2) is 4.79 Å². The van der Waals surface area contributed by atoms with Gasteiger partial charge in [-0.15, -0.1) is 11.8 Å². The van der Waals surface area contributed by atoms with Gasteiger partial charge in [0.1, 0.15) is 17.7 Å². The van der Waals surface area contributed by atoms with Gasteiger partial charge in [0.05, 0.1) is 5.75 Å². The largest absolute Gasteiger partial charge is 0.480 e. The van der Waals surface area contributed by atoms with E-state index < -0.39 is 29.8 Å². The molecule has 1 rings (SSSR count). The minimum absolute atomic E-state index is 0.103. The molecule has 8 heteroatoms. The molecule has 27 heavy (non-hydrogen) atoms. The molecule has 1 N–H and O–H groups in total. The number of aliphatic carboxylic acids is 1. The average Bonchev–Trinajstić information content (AvgIpc) is 2.47. The molecule has 0 fully saturated rings. The van der Waals surface area contributed by atoms with E-state index in [-0.39, 0.29) is 11.7 Å². The van der Waals surface area contributed by atoms with Crippen molar-refractivity contribution < 1.29 is 29.0 Å². The highest BCUT2D eigenvalue weighted by atomic mass is 32.2. The van der Waals surface area contributed by atoms with Crippen LogP contribution in [0.5, 0.6) is 0 Å². The zero-order chi connectivity index (χ0) is 20.8. The van der Waals surface area contributed by atoms with Gasteiger partial charge in [-0.3, -0.25) is 14.5 Å². The molecule has 0 heterocycles. The quantitative estimate of drug-likeness (QED) is 0.574. The maximum absolute atomic E-state index is 12.4. The molecule has 1 aromatic rings. The fourth-order valence-electron chi connectivity index (χ4n) is 1.97. The third-order valence-corrected chi connectivity index (χ3v) is 3.78. The van der Waals surface area contributed by atoms with Crippen molar-refractivity contribution in [3.05, 3.63) is 24.3 Å². The third kappa shape index (κ3) is 9.33. The van der Waals surface area contributed by atoms with Crippen LogP contribution in [0.25, 0.3) is 0 Å². The zero-order valence-electron chi connectivity index (χ0n) is 16.6. The second kappa shape index (κ2) is 9.12. The van der Waals surface area contributed by atoms with Crippen molar-refractivity contribution in [1.82, 2.24) is 0 Å². The van der Waals surface area contributed by atoms with Crippen molar-refractivity contribution in [3.63, 3.8) is 0 Å². The lowest BCUT2D eigenvalue weighted by Crippen LogP contribution is -2.40. The first-order valence-electron chi connectivity index (χ1n) is 8.44. The summed E-state index contributed by atoms with van der Waals surface area (Å²) in [6.45, 7) is 9.96. The van der Waals surface area contributed by atoms with E-state index >= 15 is 0 Å². The molecule has 0 aliphatic heterocycles. The number of thioether (sulfide) groups is 1. The summed E-state index contributed by atoms with van der Waals surface area (Å²) in [7, 11) is 0. The molecule has 0 radical (unpaired) electrons. The van der Waals surface area contributed by atoms with Crippen LogP contribution in [0.4, 0.5) is 10.5 Å². The Morgan fingerprint density at radius 3 is 2.15 bits per heavy atom. The van der Waals surface area contributed by atoms with Crippen LogP contribution >= 0.6 is 11.8 Å². The number of rotatable bonds is 6. The van der Waals surface area contributed by atoms with Crippen LogP contribution in [0.15, 0.2) is 29.2 Å². The average molecular weight is 397 g/mol. The van der Waals surface area contributed by atoms with E-state index in [1.54, 1.807) is 65.8 Å². The van der Waals surface area contributed by atoms with Gasteiger partial charge in [0.2, 0.25) is 0 Å². The molecule has 0 bridgehead atoms. The number of ether oxygens (including phenoxy) is 2. The molecule has 0 spiro atoms. The second-order valence-electron chi connectivity index (χ2n) is 7.83. The SMILES string of the molecule is CC(C)(C)OC(=O)CSc1cccc(N(CC(=O)O)C(=O)OC(C)(C)C)c1. The molecule has 1 amide bonds. The molecule has 0 aromatic heterocycles. The van der Waals surface area contributed by atoms with E-state index in [0.717, 1.165) is 4.90 Å². The van der Waals surface area contributed by atoms with Gasteiger partial charge >= 0.3 is 18.0 Å². The molecule has 0 unspecified atom stereocenters. The van der Waals surface area contributed by atoms with Gasteiger partial charge in [0.15, 0.2) is 0 Å². The van der Waals surface area contributed by atoms with Crippen molar-refractivity contribution in [2.24, 2.45) is 0 Å². The Morgan fingerprint density at radius 2 is 1.63 bits per heavy atom. The Balaban J connectivity index is 2.92. The van der Waals surface area contributed by atoms with Crippen LogP contribution in [0.3, 0.4) is 0 Å². The highest BCUT2D eigenvalue weighted by molar-refractivity contribution is 8.00. The number of amides is 1. The van der Waals surface area contributed by atoms with Crippen molar-refractivity contribution in [2.45, 2.75) is 57.6 Å². The number of esters is 1. The van der Waals surface area contributed by atoms with Gasteiger partial charge in [-0.2, -0.15) is 0 Å². The van der Waals surface area contributed by atoms with Crippen LogP contribution < -0.4 is 4.90 Å². The number of carbonyl (C=O) groups is 3. The van der Waals surface area contributed by atoms with Crippen LogP contribution in [-0.4, -0.2) is 46.6 Å². The number of carbonyl (C=O) groups excluding carboxylic acids is 2. The summed E-state index contributed by atoms with van der Waals surface area (Å²) in [6, 6.07) is 6.71. The van der Waals surface area contributed by atoms with Crippen molar-refractivity contribution in [2.75, 3.05) is 17.2 Å². The van der Waals surface area contributed by atoms with Crippen molar-refractivity contribution in [3.8, 4) is 0 Å². The molecular weight excluding hydrogens is 370 g/mol. The molecular formula is C19H27NO6S. The monoisotopic (exact) mass is 397 g/mol. The van der Waals surface area contributed by atoms with Gasteiger partial charge in [-0.1, -0.05) is 6.07 Å². The molecule has 0 atom stereocenters. The minimum atomic E-state index is -1.16. The summed E-state index contributed by atoms with van der Waals surface area (Å²) >= 11 is 1.24. The summed E-state index contributed by atoms with van der Waals surface area (Å²) in [5, 5.41) is 9.13. The van der Waals surface area contributed by atoms with Crippen LogP contribution in [0.2, 0.25) is 0 Å². The first-order chi connectivity index (χ1) is 12.3. The molecule has 1 aromatic carbocycles. The molecule has 7 nitrogen and oxygen atoms in total. The molecule has 0 saturated heterocycles. The number of anilines is 1. The normalized spacial score (nSPS) is 11.6. The zero-order valence-corrected chi connectivity index (χ0v) is 17.4. The van der Waals surface area contributed by atoms with Gasteiger partial charge < -0.3 is 14.6 Å². The van der Waals surface area contributed by atoms with Gasteiger partial charge in [0, 0.05) is 10.6 Å². The number of hydrogen-bond acceptors (Lipinski definition) is 6. The molecule has 0 aliphatic carbocycles. The predicted molar refractivity (Wildman–Crippen MR) is 104 cm³/mol. The van der Waals surface area contributed by atoms with Crippen LogP contribution in [0, 0.1) is 0 Å². The highest BCUT2D eigenvalue weighted by Crippen LogP contribution is 2.26. The Labute approximate surface area is 164 Å². The topological polar surface area (TPSA) is 93.1 Å². The van der Waals surface area contributed by atoms with E-state index in [2.05, 4.69) is 0 Å². The summed E-state index contributed by atoms with van der Waals surface area (Å²) in [5.41, 5.74) is -0.938. The van der Waals surface area contributed by atoms with E-state index in [1.807, 2.05) is 0 Å². The predicted octanol–water partition coefficient (Wildman–Crippen LogP) is 3.95. The smallest absolute Gasteiger partial charge is 0.415 e.